The lowest BCUT2D eigenvalue weighted by Crippen LogP contribution is -2.30. The molecule has 1 atom stereocenters. The fourth-order valence-corrected chi connectivity index (χ4v) is 1.92. The van der Waals surface area contributed by atoms with Crippen LogP contribution in [0.15, 0.2) is 18.3 Å². The third kappa shape index (κ3) is 4.65. The Morgan fingerprint density at radius 1 is 1.28 bits per heavy atom. The fourth-order valence-electron chi connectivity index (χ4n) is 1.92. The lowest BCUT2D eigenvalue weighted by Gasteiger charge is -2.21. The highest BCUT2D eigenvalue weighted by Crippen LogP contribution is 2.22. The van der Waals surface area contributed by atoms with Crippen LogP contribution in [0.5, 0.6) is 0 Å². The number of aromatic nitrogens is 1. The molecule has 0 aliphatic heterocycles. The monoisotopic (exact) mass is 249 g/mol. The molecule has 1 heterocycles. The average molecular weight is 249 g/mol. The zero-order valence-electron chi connectivity index (χ0n) is 12.3. The minimum atomic E-state index is 0.150. The quantitative estimate of drug-likeness (QED) is 0.842. The molecule has 102 valence electrons. The Hall–Kier alpha value is -1.09. The maximum atomic E-state index is 5.78. The number of nitrogens with one attached hydrogen (secondary N) is 1. The van der Waals surface area contributed by atoms with Gasteiger partial charge >= 0.3 is 0 Å². The van der Waals surface area contributed by atoms with E-state index in [0.717, 1.165) is 12.2 Å². The van der Waals surface area contributed by atoms with Crippen molar-refractivity contribution < 1.29 is 0 Å². The highest BCUT2D eigenvalue weighted by molar-refractivity contribution is 5.38. The van der Waals surface area contributed by atoms with Gasteiger partial charge in [0.25, 0.3) is 0 Å². The molecule has 0 amide bonds. The van der Waals surface area contributed by atoms with Crippen molar-refractivity contribution in [2.45, 2.75) is 52.5 Å². The maximum Gasteiger partial charge on any atom is 0.126 e. The number of hydrogen-bond acceptors (Lipinski definition) is 3. The SMILES string of the molecule is CC(C)CC(CN)Nc1ccc(C(C)(C)C)cn1. The highest BCUT2D eigenvalue weighted by Gasteiger charge is 2.14. The Kier molecular flexibility index (Phi) is 5.15. The van der Waals surface area contributed by atoms with Crippen molar-refractivity contribution in [1.82, 2.24) is 4.98 Å². The van der Waals surface area contributed by atoms with Crippen LogP contribution in [0.4, 0.5) is 5.82 Å². The van der Waals surface area contributed by atoms with Crippen molar-refractivity contribution >= 4 is 5.82 Å². The van der Waals surface area contributed by atoms with Gasteiger partial charge in [0.05, 0.1) is 0 Å². The number of pyridine rings is 1. The lowest BCUT2D eigenvalue weighted by molar-refractivity contribution is 0.520. The summed E-state index contributed by atoms with van der Waals surface area (Å²) in [5, 5.41) is 3.40. The number of nitrogens with two attached hydrogens (primary N) is 1. The number of anilines is 1. The number of hydrogen-bond donors (Lipinski definition) is 2. The van der Waals surface area contributed by atoms with Crippen molar-refractivity contribution in [3.05, 3.63) is 23.9 Å². The second-order valence-corrected chi connectivity index (χ2v) is 6.39. The van der Waals surface area contributed by atoms with E-state index in [-0.39, 0.29) is 5.41 Å². The molecule has 0 saturated carbocycles. The van der Waals surface area contributed by atoms with Crippen molar-refractivity contribution in [3.8, 4) is 0 Å². The Balaban J connectivity index is 2.68. The van der Waals surface area contributed by atoms with Gasteiger partial charge in [-0.15, -0.1) is 0 Å². The third-order valence-corrected chi connectivity index (χ3v) is 3.02. The summed E-state index contributed by atoms with van der Waals surface area (Å²) in [5.74, 6) is 1.55. The lowest BCUT2D eigenvalue weighted by atomic mass is 9.88. The summed E-state index contributed by atoms with van der Waals surface area (Å²) in [4.78, 5) is 4.47. The van der Waals surface area contributed by atoms with Gasteiger partial charge in [0, 0.05) is 18.8 Å². The molecule has 0 fully saturated rings. The molecule has 0 aliphatic rings. The Morgan fingerprint density at radius 3 is 2.33 bits per heavy atom. The Morgan fingerprint density at radius 2 is 1.94 bits per heavy atom. The molecule has 1 aromatic heterocycles. The molecule has 1 rings (SSSR count). The predicted octanol–water partition coefficient (Wildman–Crippen LogP) is 3.16. The first-order valence-electron chi connectivity index (χ1n) is 6.76. The van der Waals surface area contributed by atoms with Crippen molar-refractivity contribution in [2.24, 2.45) is 11.7 Å². The molecule has 1 aromatic rings. The van der Waals surface area contributed by atoms with E-state index in [1.807, 2.05) is 12.3 Å². The summed E-state index contributed by atoms with van der Waals surface area (Å²) in [6, 6.07) is 4.49. The van der Waals surface area contributed by atoms with Crippen LogP contribution < -0.4 is 11.1 Å². The standard InChI is InChI=1S/C15H27N3/c1-11(2)8-13(9-16)18-14-7-6-12(10-17-14)15(3,4)5/h6-7,10-11,13H,8-9,16H2,1-5H3,(H,17,18). The van der Waals surface area contributed by atoms with Crippen molar-refractivity contribution in [3.63, 3.8) is 0 Å². The number of nitrogens with zero attached hydrogens (tertiary/aromatic N) is 1. The molecular formula is C15H27N3. The van der Waals surface area contributed by atoms with Crippen molar-refractivity contribution in [2.75, 3.05) is 11.9 Å². The van der Waals surface area contributed by atoms with Gasteiger partial charge in [-0.05, 0) is 29.4 Å². The normalized spacial score (nSPS) is 13.7. The van der Waals surface area contributed by atoms with Gasteiger partial charge < -0.3 is 11.1 Å². The van der Waals surface area contributed by atoms with E-state index < -0.39 is 0 Å². The largest absolute Gasteiger partial charge is 0.366 e. The molecule has 0 bridgehead atoms. The van der Waals surface area contributed by atoms with E-state index in [4.69, 9.17) is 5.73 Å². The molecule has 3 N–H and O–H groups in total. The third-order valence-electron chi connectivity index (χ3n) is 3.02. The van der Waals surface area contributed by atoms with E-state index >= 15 is 0 Å². The first-order chi connectivity index (χ1) is 8.32. The molecule has 0 aliphatic carbocycles. The first-order valence-corrected chi connectivity index (χ1v) is 6.76. The van der Waals surface area contributed by atoms with E-state index in [1.54, 1.807) is 0 Å². The molecule has 0 aromatic carbocycles. The van der Waals surface area contributed by atoms with Gasteiger partial charge in [-0.2, -0.15) is 0 Å². The number of rotatable bonds is 5. The summed E-state index contributed by atoms with van der Waals surface area (Å²) in [6.07, 6.45) is 3.02. The second kappa shape index (κ2) is 6.19. The Bertz CT molecular complexity index is 349. The van der Waals surface area contributed by atoms with Gasteiger partial charge in [-0.25, -0.2) is 4.98 Å². The summed E-state index contributed by atoms with van der Waals surface area (Å²) >= 11 is 0. The molecule has 1 unspecified atom stereocenters. The van der Waals surface area contributed by atoms with Crippen LogP contribution in [0, 0.1) is 5.92 Å². The van der Waals surface area contributed by atoms with Crippen LogP contribution in [0.1, 0.15) is 46.6 Å². The predicted molar refractivity (Wildman–Crippen MR) is 78.9 cm³/mol. The smallest absolute Gasteiger partial charge is 0.126 e. The van der Waals surface area contributed by atoms with Crippen LogP contribution in [-0.2, 0) is 5.41 Å². The van der Waals surface area contributed by atoms with Gasteiger partial charge in [0.2, 0.25) is 0 Å². The zero-order chi connectivity index (χ0) is 13.8. The van der Waals surface area contributed by atoms with E-state index in [0.29, 0.717) is 18.5 Å². The van der Waals surface area contributed by atoms with Crippen LogP contribution in [0.3, 0.4) is 0 Å². The minimum Gasteiger partial charge on any atom is -0.366 e. The zero-order valence-corrected chi connectivity index (χ0v) is 12.3. The molecule has 0 spiro atoms. The summed E-state index contributed by atoms with van der Waals surface area (Å²) in [5.41, 5.74) is 7.18. The maximum absolute atomic E-state index is 5.78. The topological polar surface area (TPSA) is 50.9 Å². The van der Waals surface area contributed by atoms with Crippen LogP contribution in [0.2, 0.25) is 0 Å². The molecule has 18 heavy (non-hydrogen) atoms. The summed E-state index contributed by atoms with van der Waals surface area (Å²) < 4.78 is 0. The van der Waals surface area contributed by atoms with E-state index in [2.05, 4.69) is 51.0 Å². The van der Waals surface area contributed by atoms with Crippen molar-refractivity contribution in [1.29, 1.82) is 0 Å². The molecular weight excluding hydrogens is 222 g/mol. The van der Waals surface area contributed by atoms with Crippen LogP contribution in [-0.4, -0.2) is 17.6 Å². The molecule has 0 saturated heterocycles. The molecule has 0 radical (unpaired) electrons. The molecule has 3 nitrogen and oxygen atoms in total. The van der Waals surface area contributed by atoms with Gasteiger partial charge in [-0.1, -0.05) is 40.7 Å². The Labute approximate surface area is 111 Å². The summed E-state index contributed by atoms with van der Waals surface area (Å²) in [7, 11) is 0. The second-order valence-electron chi connectivity index (χ2n) is 6.39. The van der Waals surface area contributed by atoms with E-state index in [1.165, 1.54) is 5.56 Å². The molecule has 3 heteroatoms. The van der Waals surface area contributed by atoms with Crippen LogP contribution >= 0.6 is 0 Å². The van der Waals surface area contributed by atoms with Gasteiger partial charge in [-0.3, -0.25) is 0 Å². The van der Waals surface area contributed by atoms with Gasteiger partial charge in [0.15, 0.2) is 0 Å². The average Bonchev–Trinajstić information content (AvgIpc) is 2.27. The fraction of sp³-hybridized carbons (Fsp3) is 0.667. The van der Waals surface area contributed by atoms with Gasteiger partial charge in [0.1, 0.15) is 5.82 Å². The summed E-state index contributed by atoms with van der Waals surface area (Å²) in [6.45, 7) is 11.6. The minimum absolute atomic E-state index is 0.150. The van der Waals surface area contributed by atoms with Crippen LogP contribution in [0.25, 0.3) is 0 Å². The first kappa shape index (κ1) is 15.0. The van der Waals surface area contributed by atoms with E-state index in [9.17, 15) is 0 Å². The highest BCUT2D eigenvalue weighted by atomic mass is 15.0.